The van der Waals surface area contributed by atoms with Crippen molar-refractivity contribution in [1.29, 1.82) is 0 Å². The minimum Gasteiger partial charge on any atom is -0.497 e. The highest BCUT2D eigenvalue weighted by Gasteiger charge is 2.21. The van der Waals surface area contributed by atoms with Crippen LogP contribution in [0.15, 0.2) is 53.1 Å². The third-order valence-electron chi connectivity index (χ3n) is 3.58. The van der Waals surface area contributed by atoms with Gasteiger partial charge in [-0.1, -0.05) is 28.1 Å². The highest BCUT2D eigenvalue weighted by atomic mass is 79.9. The van der Waals surface area contributed by atoms with Crippen LogP contribution in [-0.4, -0.2) is 23.8 Å². The molecule has 122 valence electrons. The van der Waals surface area contributed by atoms with Crippen LogP contribution >= 0.6 is 15.9 Å². The number of aromatic nitrogens is 1. The average Bonchev–Trinajstić information content (AvgIpc) is 3.02. The summed E-state index contributed by atoms with van der Waals surface area (Å²) >= 11 is 3.36. The summed E-state index contributed by atoms with van der Waals surface area (Å²) in [4.78, 5) is 27.4. The molecule has 0 bridgehead atoms. The highest BCUT2D eigenvalue weighted by Crippen LogP contribution is 2.23. The van der Waals surface area contributed by atoms with Crippen LogP contribution < -0.4 is 4.74 Å². The SMILES string of the molecule is COc1cccc(COC(=O)C(=O)c2c[nH]c3ccc(Br)cc23)c1. The van der Waals surface area contributed by atoms with Gasteiger partial charge in [-0.15, -0.1) is 0 Å². The zero-order chi connectivity index (χ0) is 17.1. The molecule has 6 heteroatoms. The van der Waals surface area contributed by atoms with Crippen LogP contribution in [0.2, 0.25) is 0 Å². The highest BCUT2D eigenvalue weighted by molar-refractivity contribution is 9.10. The Balaban J connectivity index is 1.74. The first kappa shape index (κ1) is 16.3. The van der Waals surface area contributed by atoms with E-state index in [1.165, 1.54) is 6.20 Å². The fraction of sp³-hybridized carbons (Fsp3) is 0.111. The second-order valence-corrected chi connectivity index (χ2v) is 6.06. The van der Waals surface area contributed by atoms with E-state index < -0.39 is 11.8 Å². The number of H-pyrrole nitrogens is 1. The van der Waals surface area contributed by atoms with Gasteiger partial charge in [-0.3, -0.25) is 4.79 Å². The van der Waals surface area contributed by atoms with Crippen LogP contribution in [0.4, 0.5) is 0 Å². The molecule has 1 aromatic heterocycles. The summed E-state index contributed by atoms with van der Waals surface area (Å²) in [6.45, 7) is 0.00776. The molecular weight excluding hydrogens is 374 g/mol. The normalized spacial score (nSPS) is 10.6. The topological polar surface area (TPSA) is 68.4 Å². The van der Waals surface area contributed by atoms with Crippen LogP contribution in [0.5, 0.6) is 5.75 Å². The number of ether oxygens (including phenoxy) is 2. The van der Waals surface area contributed by atoms with Gasteiger partial charge in [0.1, 0.15) is 12.4 Å². The maximum atomic E-state index is 12.3. The lowest BCUT2D eigenvalue weighted by atomic mass is 10.1. The number of halogens is 1. The van der Waals surface area contributed by atoms with Crippen LogP contribution in [0, 0.1) is 0 Å². The number of methoxy groups -OCH3 is 1. The smallest absolute Gasteiger partial charge is 0.380 e. The first-order valence-electron chi connectivity index (χ1n) is 7.19. The van der Waals surface area contributed by atoms with E-state index in [9.17, 15) is 9.59 Å². The summed E-state index contributed by atoms with van der Waals surface area (Å²) in [5.74, 6) is -0.905. The zero-order valence-corrected chi connectivity index (χ0v) is 14.4. The number of fused-ring (bicyclic) bond motifs is 1. The predicted molar refractivity (Wildman–Crippen MR) is 93.1 cm³/mol. The Morgan fingerprint density at radius 3 is 2.79 bits per heavy atom. The van der Waals surface area contributed by atoms with Crippen LogP contribution in [0.1, 0.15) is 15.9 Å². The number of hydrogen-bond donors (Lipinski definition) is 1. The van der Waals surface area contributed by atoms with E-state index in [1.54, 1.807) is 37.4 Å². The Kier molecular flexibility index (Phi) is 4.66. The van der Waals surface area contributed by atoms with Crippen LogP contribution in [-0.2, 0) is 16.1 Å². The molecule has 3 rings (SSSR count). The maximum Gasteiger partial charge on any atom is 0.380 e. The number of carbonyl (C=O) groups is 2. The van der Waals surface area contributed by atoms with Gasteiger partial charge in [-0.2, -0.15) is 0 Å². The fourth-order valence-electron chi connectivity index (χ4n) is 2.37. The summed E-state index contributed by atoms with van der Waals surface area (Å²) in [5.41, 5.74) is 1.82. The molecule has 0 aliphatic heterocycles. The Morgan fingerprint density at radius 1 is 1.17 bits per heavy atom. The Bertz CT molecular complexity index is 916. The molecule has 0 fully saturated rings. The summed E-state index contributed by atoms with van der Waals surface area (Å²) in [5, 5.41) is 0.674. The third kappa shape index (κ3) is 3.33. The molecule has 1 N–H and O–H groups in total. The lowest BCUT2D eigenvalue weighted by Crippen LogP contribution is -2.17. The maximum absolute atomic E-state index is 12.3. The Hall–Kier alpha value is -2.60. The molecule has 0 saturated carbocycles. The molecular formula is C18H14BrNO4. The molecule has 0 spiro atoms. The fourth-order valence-corrected chi connectivity index (χ4v) is 2.73. The van der Waals surface area contributed by atoms with Crippen molar-refractivity contribution in [3.05, 3.63) is 64.3 Å². The quantitative estimate of drug-likeness (QED) is 0.409. The lowest BCUT2D eigenvalue weighted by Gasteiger charge is -2.06. The van der Waals surface area contributed by atoms with Gasteiger partial charge >= 0.3 is 5.97 Å². The van der Waals surface area contributed by atoms with Gasteiger partial charge in [0.05, 0.1) is 12.7 Å². The zero-order valence-electron chi connectivity index (χ0n) is 12.8. The largest absolute Gasteiger partial charge is 0.497 e. The van der Waals surface area contributed by atoms with E-state index >= 15 is 0 Å². The molecule has 0 aliphatic carbocycles. The molecule has 0 amide bonds. The standard InChI is InChI=1S/C18H14BrNO4/c1-23-13-4-2-3-11(7-13)10-24-18(22)17(21)15-9-20-16-6-5-12(19)8-14(15)16/h2-9,20H,10H2,1H3. The van der Waals surface area contributed by atoms with Crippen molar-refractivity contribution in [2.75, 3.05) is 7.11 Å². The summed E-state index contributed by atoms with van der Waals surface area (Å²) in [7, 11) is 1.56. The monoisotopic (exact) mass is 387 g/mol. The summed E-state index contributed by atoms with van der Waals surface area (Å²) in [6.07, 6.45) is 1.52. The second kappa shape index (κ2) is 6.88. The predicted octanol–water partition coefficient (Wildman–Crippen LogP) is 3.87. The molecule has 0 aliphatic rings. The van der Waals surface area contributed by atoms with Crippen molar-refractivity contribution in [3.8, 4) is 5.75 Å². The van der Waals surface area contributed by atoms with E-state index in [2.05, 4.69) is 20.9 Å². The number of nitrogens with one attached hydrogen (secondary N) is 1. The van der Waals surface area contributed by atoms with Gasteiger partial charge in [0, 0.05) is 21.6 Å². The summed E-state index contributed by atoms with van der Waals surface area (Å²) in [6, 6.07) is 12.6. The molecule has 5 nitrogen and oxygen atoms in total. The van der Waals surface area contributed by atoms with Crippen LogP contribution in [0.3, 0.4) is 0 Å². The Morgan fingerprint density at radius 2 is 2.00 bits per heavy atom. The van der Waals surface area contributed by atoms with Gasteiger partial charge in [0.2, 0.25) is 0 Å². The molecule has 0 atom stereocenters. The van der Waals surface area contributed by atoms with E-state index in [0.717, 1.165) is 15.6 Å². The van der Waals surface area contributed by atoms with Gasteiger partial charge in [0.15, 0.2) is 0 Å². The number of hydrogen-bond acceptors (Lipinski definition) is 4. The van der Waals surface area contributed by atoms with Crippen molar-refractivity contribution >= 4 is 38.6 Å². The molecule has 1 heterocycles. The van der Waals surface area contributed by atoms with E-state index in [1.807, 2.05) is 12.1 Å². The van der Waals surface area contributed by atoms with Gasteiger partial charge in [-0.05, 0) is 35.9 Å². The van der Waals surface area contributed by atoms with Gasteiger partial charge < -0.3 is 14.5 Å². The number of Topliss-reactive ketones (excluding diaryl/α,β-unsaturated/α-hetero) is 1. The van der Waals surface area contributed by atoms with E-state index in [4.69, 9.17) is 9.47 Å². The number of carbonyl (C=O) groups excluding carboxylic acids is 2. The minimum atomic E-state index is -0.890. The first-order valence-corrected chi connectivity index (χ1v) is 7.99. The molecule has 24 heavy (non-hydrogen) atoms. The Labute approximate surface area is 146 Å². The number of benzene rings is 2. The number of ketones is 1. The number of esters is 1. The van der Waals surface area contributed by atoms with E-state index in [0.29, 0.717) is 16.7 Å². The lowest BCUT2D eigenvalue weighted by molar-refractivity contribution is -0.139. The van der Waals surface area contributed by atoms with Crippen molar-refractivity contribution in [1.82, 2.24) is 4.98 Å². The average molecular weight is 388 g/mol. The van der Waals surface area contributed by atoms with Crippen molar-refractivity contribution in [3.63, 3.8) is 0 Å². The second-order valence-electron chi connectivity index (χ2n) is 5.15. The summed E-state index contributed by atoms with van der Waals surface area (Å²) < 4.78 is 11.1. The van der Waals surface area contributed by atoms with Crippen molar-refractivity contribution in [2.45, 2.75) is 6.61 Å². The number of rotatable bonds is 5. The molecule has 0 unspecified atom stereocenters. The molecule has 2 aromatic carbocycles. The van der Waals surface area contributed by atoms with Crippen LogP contribution in [0.25, 0.3) is 10.9 Å². The van der Waals surface area contributed by atoms with Gasteiger partial charge in [-0.25, -0.2) is 4.79 Å². The van der Waals surface area contributed by atoms with E-state index in [-0.39, 0.29) is 6.61 Å². The molecule has 3 aromatic rings. The number of aromatic amines is 1. The minimum absolute atomic E-state index is 0.00776. The molecule has 0 saturated heterocycles. The van der Waals surface area contributed by atoms with Crippen molar-refractivity contribution < 1.29 is 19.1 Å². The van der Waals surface area contributed by atoms with Gasteiger partial charge in [0.25, 0.3) is 5.78 Å². The van der Waals surface area contributed by atoms with Crippen molar-refractivity contribution in [2.24, 2.45) is 0 Å². The third-order valence-corrected chi connectivity index (χ3v) is 4.07. The molecule has 0 radical (unpaired) electrons. The first-order chi connectivity index (χ1) is 11.6.